The summed E-state index contributed by atoms with van der Waals surface area (Å²) < 4.78 is 0. The van der Waals surface area contributed by atoms with Gasteiger partial charge in [-0.15, -0.1) is 11.8 Å². The molecule has 2 aromatic carbocycles. The van der Waals surface area contributed by atoms with Crippen molar-refractivity contribution < 1.29 is 19.5 Å². The van der Waals surface area contributed by atoms with Gasteiger partial charge in [0.25, 0.3) is 0 Å². The van der Waals surface area contributed by atoms with Crippen LogP contribution in [0.5, 0.6) is 0 Å². The summed E-state index contributed by atoms with van der Waals surface area (Å²) in [5.41, 5.74) is 0.337. The standard InChI is InChI=1S/C17H12ClNO4S/c18-11-6-2-3-7-12(11)19-15(20)9-14(16(19)21)24-13-8-4-1-5-10(13)17(22)23/h1-8,14H,9H2,(H,22,23)/p-1. The highest BCUT2D eigenvalue weighted by molar-refractivity contribution is 8.00. The first-order chi connectivity index (χ1) is 11.5. The molecule has 0 aromatic heterocycles. The zero-order chi connectivity index (χ0) is 17.3. The number of nitrogens with zero attached hydrogens (tertiary/aromatic N) is 1. The molecule has 0 saturated carbocycles. The lowest BCUT2D eigenvalue weighted by Gasteiger charge is -2.17. The molecule has 3 rings (SSSR count). The summed E-state index contributed by atoms with van der Waals surface area (Å²) in [7, 11) is 0. The number of carboxylic acid groups (broad SMARTS) is 1. The van der Waals surface area contributed by atoms with Crippen LogP contribution < -0.4 is 10.0 Å². The third kappa shape index (κ3) is 3.02. The number of benzene rings is 2. The van der Waals surface area contributed by atoms with Crippen LogP contribution in [0, 0.1) is 0 Å². The van der Waals surface area contributed by atoms with Gasteiger partial charge in [0.15, 0.2) is 0 Å². The van der Waals surface area contributed by atoms with Gasteiger partial charge in [0, 0.05) is 16.9 Å². The molecule has 1 unspecified atom stereocenters. The predicted molar refractivity (Wildman–Crippen MR) is 89.0 cm³/mol. The van der Waals surface area contributed by atoms with Crippen molar-refractivity contribution in [2.45, 2.75) is 16.6 Å². The monoisotopic (exact) mass is 360 g/mol. The predicted octanol–water partition coefficient (Wildman–Crippen LogP) is 2.13. The lowest BCUT2D eigenvalue weighted by molar-refractivity contribution is -0.255. The van der Waals surface area contributed by atoms with Crippen LogP contribution in [0.3, 0.4) is 0 Å². The molecule has 1 fully saturated rings. The topological polar surface area (TPSA) is 77.5 Å². The van der Waals surface area contributed by atoms with Crippen LogP contribution in [0.25, 0.3) is 0 Å². The van der Waals surface area contributed by atoms with Crippen LogP contribution in [-0.4, -0.2) is 23.0 Å². The van der Waals surface area contributed by atoms with Crippen molar-refractivity contribution in [1.82, 2.24) is 0 Å². The smallest absolute Gasteiger partial charge is 0.247 e. The van der Waals surface area contributed by atoms with Crippen LogP contribution in [0.4, 0.5) is 5.69 Å². The van der Waals surface area contributed by atoms with E-state index in [0.29, 0.717) is 15.6 Å². The molecule has 2 aromatic rings. The molecule has 0 spiro atoms. The normalized spacial score (nSPS) is 17.4. The molecule has 5 nitrogen and oxygen atoms in total. The van der Waals surface area contributed by atoms with E-state index in [4.69, 9.17) is 11.6 Å². The van der Waals surface area contributed by atoms with E-state index in [0.717, 1.165) is 16.7 Å². The second-order valence-corrected chi connectivity index (χ2v) is 6.76. The summed E-state index contributed by atoms with van der Waals surface area (Å²) in [5, 5.41) is 10.8. The van der Waals surface area contributed by atoms with Crippen molar-refractivity contribution in [3.63, 3.8) is 0 Å². The van der Waals surface area contributed by atoms with Crippen LogP contribution in [0.15, 0.2) is 53.4 Å². The Kier molecular flexibility index (Phi) is 4.59. The Morgan fingerprint density at radius 1 is 1.12 bits per heavy atom. The fourth-order valence-corrected chi connectivity index (χ4v) is 3.87. The molecule has 0 radical (unpaired) electrons. The molecule has 1 heterocycles. The lowest BCUT2D eigenvalue weighted by atomic mass is 10.2. The average Bonchev–Trinajstić information content (AvgIpc) is 2.82. The molecule has 2 amide bonds. The van der Waals surface area contributed by atoms with Crippen LogP contribution in [0.1, 0.15) is 16.8 Å². The van der Waals surface area contributed by atoms with Gasteiger partial charge in [-0.2, -0.15) is 0 Å². The maximum atomic E-state index is 12.6. The fourth-order valence-electron chi connectivity index (χ4n) is 2.47. The third-order valence-electron chi connectivity index (χ3n) is 3.57. The fraction of sp³-hybridized carbons (Fsp3) is 0.118. The molecule has 0 N–H and O–H groups in total. The minimum absolute atomic E-state index is 0.000979. The van der Waals surface area contributed by atoms with E-state index in [1.807, 2.05) is 0 Å². The van der Waals surface area contributed by atoms with Crippen LogP contribution in [-0.2, 0) is 9.59 Å². The summed E-state index contributed by atoms with van der Waals surface area (Å²) in [6, 6.07) is 12.8. The highest BCUT2D eigenvalue weighted by Gasteiger charge is 2.41. The number of thioether (sulfide) groups is 1. The summed E-state index contributed by atoms with van der Waals surface area (Å²) in [5.74, 6) is -2.10. The van der Waals surface area contributed by atoms with Gasteiger partial charge >= 0.3 is 0 Å². The number of hydrogen-bond acceptors (Lipinski definition) is 5. The Bertz CT molecular complexity index is 839. The first-order valence-electron chi connectivity index (χ1n) is 7.07. The van der Waals surface area contributed by atoms with Gasteiger partial charge in [-0.3, -0.25) is 9.59 Å². The van der Waals surface area contributed by atoms with E-state index >= 15 is 0 Å². The number of carbonyl (C=O) groups is 3. The van der Waals surface area contributed by atoms with E-state index in [1.165, 1.54) is 6.07 Å². The van der Waals surface area contributed by atoms with Crippen molar-refractivity contribution in [1.29, 1.82) is 0 Å². The molecule has 7 heteroatoms. The minimum atomic E-state index is -1.32. The number of anilines is 1. The van der Waals surface area contributed by atoms with E-state index < -0.39 is 17.1 Å². The second kappa shape index (κ2) is 6.67. The number of imide groups is 1. The Morgan fingerprint density at radius 2 is 1.79 bits per heavy atom. The molecule has 1 atom stereocenters. The molecule has 0 bridgehead atoms. The lowest BCUT2D eigenvalue weighted by Crippen LogP contribution is -2.31. The first-order valence-corrected chi connectivity index (χ1v) is 8.33. The first kappa shape index (κ1) is 16.5. The molecule has 1 aliphatic rings. The molecule has 1 aliphatic heterocycles. The summed E-state index contributed by atoms with van der Waals surface area (Å²) in [4.78, 5) is 37.5. The van der Waals surface area contributed by atoms with E-state index in [9.17, 15) is 19.5 Å². The average molecular weight is 361 g/mol. The number of aromatic carboxylic acids is 1. The number of rotatable bonds is 4. The third-order valence-corrected chi connectivity index (χ3v) is 5.16. The van der Waals surface area contributed by atoms with Crippen molar-refractivity contribution >= 4 is 46.8 Å². The quantitative estimate of drug-likeness (QED) is 0.780. The van der Waals surface area contributed by atoms with Crippen molar-refractivity contribution in [2.75, 3.05) is 4.90 Å². The molecule has 1 saturated heterocycles. The van der Waals surface area contributed by atoms with Crippen molar-refractivity contribution in [3.8, 4) is 0 Å². The van der Waals surface area contributed by atoms with E-state index in [-0.39, 0.29) is 17.9 Å². The Morgan fingerprint density at radius 3 is 2.50 bits per heavy atom. The van der Waals surface area contributed by atoms with E-state index in [2.05, 4.69) is 0 Å². The molecular formula is C17H11ClNO4S-. The van der Waals surface area contributed by atoms with Crippen LogP contribution >= 0.6 is 23.4 Å². The number of carbonyl (C=O) groups excluding carboxylic acids is 3. The summed E-state index contributed by atoms with van der Waals surface area (Å²) in [6.07, 6.45) is -0.0178. The van der Waals surface area contributed by atoms with Crippen molar-refractivity contribution in [3.05, 3.63) is 59.1 Å². The molecule has 0 aliphatic carbocycles. The van der Waals surface area contributed by atoms with Gasteiger partial charge in [0.1, 0.15) is 0 Å². The van der Waals surface area contributed by atoms with Crippen molar-refractivity contribution in [2.24, 2.45) is 0 Å². The summed E-state index contributed by atoms with van der Waals surface area (Å²) >= 11 is 7.12. The number of carboxylic acids is 1. The maximum absolute atomic E-state index is 12.6. The Hall–Kier alpha value is -2.31. The molecular weight excluding hydrogens is 350 g/mol. The Balaban J connectivity index is 1.88. The zero-order valence-corrected chi connectivity index (χ0v) is 13.8. The van der Waals surface area contributed by atoms with Gasteiger partial charge in [-0.25, -0.2) is 4.90 Å². The minimum Gasteiger partial charge on any atom is -0.545 e. The van der Waals surface area contributed by atoms with Crippen LogP contribution in [0.2, 0.25) is 5.02 Å². The SMILES string of the molecule is O=C([O-])c1ccccc1SC1CC(=O)N(c2ccccc2Cl)C1=O. The van der Waals surface area contributed by atoms with Gasteiger partial charge in [0.2, 0.25) is 11.8 Å². The maximum Gasteiger partial charge on any atom is 0.247 e. The second-order valence-electron chi connectivity index (χ2n) is 5.11. The molecule has 122 valence electrons. The summed E-state index contributed by atoms with van der Waals surface area (Å²) in [6.45, 7) is 0. The number of hydrogen-bond donors (Lipinski definition) is 0. The van der Waals surface area contributed by atoms with Gasteiger partial charge in [-0.05, 0) is 18.2 Å². The van der Waals surface area contributed by atoms with Gasteiger partial charge < -0.3 is 9.90 Å². The molecule has 24 heavy (non-hydrogen) atoms. The number of halogens is 1. The van der Waals surface area contributed by atoms with Gasteiger partial charge in [0.05, 0.1) is 21.9 Å². The Labute approximate surface area is 147 Å². The highest BCUT2D eigenvalue weighted by atomic mass is 35.5. The van der Waals surface area contributed by atoms with Gasteiger partial charge in [-0.1, -0.05) is 41.9 Å². The highest BCUT2D eigenvalue weighted by Crippen LogP contribution is 2.37. The number of amides is 2. The van der Waals surface area contributed by atoms with E-state index in [1.54, 1.807) is 42.5 Å². The zero-order valence-electron chi connectivity index (χ0n) is 12.3. The largest absolute Gasteiger partial charge is 0.545 e. The number of para-hydroxylation sites is 1.